The van der Waals surface area contributed by atoms with Crippen molar-refractivity contribution in [1.82, 2.24) is 19.8 Å². The van der Waals surface area contributed by atoms with E-state index in [9.17, 15) is 9.18 Å². The molecule has 1 aliphatic heterocycles. The SMILES string of the molecule is CCOC(=O)N1CCN(Cc2nc3ccc(F)cc3[nH]2)CC1. The molecule has 1 aromatic carbocycles. The van der Waals surface area contributed by atoms with Gasteiger partial charge in [0.2, 0.25) is 0 Å². The number of H-pyrrole nitrogens is 1. The number of carbonyl (C=O) groups is 1. The highest BCUT2D eigenvalue weighted by molar-refractivity contribution is 5.74. The van der Waals surface area contributed by atoms with Gasteiger partial charge in [0.15, 0.2) is 0 Å². The van der Waals surface area contributed by atoms with Crippen LogP contribution >= 0.6 is 0 Å². The number of halogens is 1. The molecule has 1 aliphatic rings. The van der Waals surface area contributed by atoms with Gasteiger partial charge in [-0.25, -0.2) is 14.2 Å². The van der Waals surface area contributed by atoms with Crippen LogP contribution in [0.2, 0.25) is 0 Å². The van der Waals surface area contributed by atoms with Crippen molar-refractivity contribution < 1.29 is 13.9 Å². The molecule has 1 fully saturated rings. The molecule has 1 aromatic heterocycles. The topological polar surface area (TPSA) is 61.5 Å². The molecule has 0 aliphatic carbocycles. The normalized spacial score (nSPS) is 16.2. The second-order valence-corrected chi connectivity index (χ2v) is 5.31. The number of benzene rings is 1. The van der Waals surface area contributed by atoms with Crippen molar-refractivity contribution in [1.29, 1.82) is 0 Å². The Morgan fingerprint density at radius 2 is 2.14 bits per heavy atom. The van der Waals surface area contributed by atoms with Crippen molar-refractivity contribution in [3.8, 4) is 0 Å². The van der Waals surface area contributed by atoms with E-state index < -0.39 is 0 Å². The molecule has 6 nitrogen and oxygen atoms in total. The third-order valence-electron chi connectivity index (χ3n) is 3.76. The number of hydrogen-bond acceptors (Lipinski definition) is 4. The van der Waals surface area contributed by atoms with Crippen LogP contribution in [0.15, 0.2) is 18.2 Å². The lowest BCUT2D eigenvalue weighted by atomic mass is 10.3. The lowest BCUT2D eigenvalue weighted by Gasteiger charge is -2.33. The predicted octanol–water partition coefficient (Wildman–Crippen LogP) is 1.98. The first-order valence-electron chi connectivity index (χ1n) is 7.44. The van der Waals surface area contributed by atoms with Crippen LogP contribution in [-0.2, 0) is 11.3 Å². The Kier molecular flexibility index (Phi) is 4.24. The first kappa shape index (κ1) is 14.8. The minimum Gasteiger partial charge on any atom is -0.450 e. The lowest BCUT2D eigenvalue weighted by Crippen LogP contribution is -2.48. The number of nitrogens with one attached hydrogen (secondary N) is 1. The highest BCUT2D eigenvalue weighted by Gasteiger charge is 2.22. The number of aromatic nitrogens is 2. The number of hydrogen-bond donors (Lipinski definition) is 1. The van der Waals surface area contributed by atoms with Crippen molar-refractivity contribution in [2.45, 2.75) is 13.5 Å². The predicted molar refractivity (Wildman–Crippen MR) is 79.9 cm³/mol. The molecule has 1 amide bonds. The van der Waals surface area contributed by atoms with Crippen molar-refractivity contribution in [3.63, 3.8) is 0 Å². The second kappa shape index (κ2) is 6.31. The van der Waals surface area contributed by atoms with Gasteiger partial charge in [0.05, 0.1) is 24.2 Å². The number of aromatic amines is 1. The summed E-state index contributed by atoms with van der Waals surface area (Å²) in [5.41, 5.74) is 1.47. The van der Waals surface area contributed by atoms with Crippen molar-refractivity contribution >= 4 is 17.1 Å². The maximum Gasteiger partial charge on any atom is 0.409 e. The Morgan fingerprint density at radius 3 is 2.86 bits per heavy atom. The number of amides is 1. The molecule has 1 saturated heterocycles. The van der Waals surface area contributed by atoms with Gasteiger partial charge < -0.3 is 14.6 Å². The molecule has 2 aromatic rings. The molecule has 1 N–H and O–H groups in total. The van der Waals surface area contributed by atoms with Crippen molar-refractivity contribution in [3.05, 3.63) is 29.8 Å². The van der Waals surface area contributed by atoms with E-state index in [1.165, 1.54) is 12.1 Å². The molecule has 0 saturated carbocycles. The fourth-order valence-corrected chi connectivity index (χ4v) is 2.62. The van der Waals surface area contributed by atoms with Crippen LogP contribution in [0.25, 0.3) is 11.0 Å². The van der Waals surface area contributed by atoms with Crippen LogP contribution in [0.1, 0.15) is 12.7 Å². The average Bonchev–Trinajstić information content (AvgIpc) is 2.89. The summed E-state index contributed by atoms with van der Waals surface area (Å²) in [6.07, 6.45) is -0.249. The Balaban J connectivity index is 1.58. The van der Waals surface area contributed by atoms with Crippen LogP contribution in [0.5, 0.6) is 0 Å². The highest BCUT2D eigenvalue weighted by Crippen LogP contribution is 2.15. The fourth-order valence-electron chi connectivity index (χ4n) is 2.62. The summed E-state index contributed by atoms with van der Waals surface area (Å²) in [5, 5.41) is 0. The van der Waals surface area contributed by atoms with Gasteiger partial charge in [0, 0.05) is 26.2 Å². The van der Waals surface area contributed by atoms with E-state index in [0.717, 1.165) is 24.4 Å². The first-order valence-corrected chi connectivity index (χ1v) is 7.44. The molecular formula is C15H19FN4O2. The first-order chi connectivity index (χ1) is 10.7. The number of ether oxygens (including phenoxy) is 1. The van der Waals surface area contributed by atoms with E-state index in [1.54, 1.807) is 17.9 Å². The molecule has 2 heterocycles. The van der Waals surface area contributed by atoms with Crippen molar-refractivity contribution in [2.75, 3.05) is 32.8 Å². The zero-order chi connectivity index (χ0) is 15.5. The largest absolute Gasteiger partial charge is 0.450 e. The van der Waals surface area contributed by atoms with Gasteiger partial charge in [-0.3, -0.25) is 4.90 Å². The summed E-state index contributed by atoms with van der Waals surface area (Å²) in [6.45, 7) is 5.69. The van der Waals surface area contributed by atoms with Gasteiger partial charge in [-0.05, 0) is 25.1 Å². The van der Waals surface area contributed by atoms with Crippen LogP contribution < -0.4 is 0 Å². The highest BCUT2D eigenvalue weighted by atomic mass is 19.1. The number of piperazine rings is 1. The molecule has 0 spiro atoms. The molecule has 3 rings (SSSR count). The van der Waals surface area contributed by atoms with Crippen LogP contribution in [0.4, 0.5) is 9.18 Å². The number of imidazole rings is 1. The molecule has 118 valence electrons. The summed E-state index contributed by atoms with van der Waals surface area (Å²) in [7, 11) is 0. The van der Waals surface area contributed by atoms with Gasteiger partial charge >= 0.3 is 6.09 Å². The standard InChI is InChI=1S/C15H19FN4O2/c1-2-22-15(21)20-7-5-19(6-8-20)10-14-17-12-4-3-11(16)9-13(12)18-14/h3-4,9H,2,5-8,10H2,1H3,(H,17,18). The minimum atomic E-state index is -0.272. The number of nitrogens with zero attached hydrogens (tertiary/aromatic N) is 3. The summed E-state index contributed by atoms with van der Waals surface area (Å²) >= 11 is 0. The molecule has 0 bridgehead atoms. The number of carbonyl (C=O) groups excluding carboxylic acids is 1. The zero-order valence-electron chi connectivity index (χ0n) is 12.5. The van der Waals surface area contributed by atoms with Crippen molar-refractivity contribution in [2.24, 2.45) is 0 Å². The van der Waals surface area contributed by atoms with E-state index in [0.29, 0.717) is 31.8 Å². The van der Waals surface area contributed by atoms with Gasteiger partial charge in [0.1, 0.15) is 11.6 Å². The third kappa shape index (κ3) is 3.19. The van der Waals surface area contributed by atoms with E-state index in [-0.39, 0.29) is 11.9 Å². The zero-order valence-corrected chi connectivity index (χ0v) is 12.5. The fraction of sp³-hybridized carbons (Fsp3) is 0.467. The Hall–Kier alpha value is -2.15. The van der Waals surface area contributed by atoms with E-state index >= 15 is 0 Å². The molecule has 0 radical (unpaired) electrons. The summed E-state index contributed by atoms with van der Waals surface area (Å²) in [5.74, 6) is 0.538. The Morgan fingerprint density at radius 1 is 1.36 bits per heavy atom. The molecule has 22 heavy (non-hydrogen) atoms. The lowest BCUT2D eigenvalue weighted by molar-refractivity contribution is 0.0773. The minimum absolute atomic E-state index is 0.249. The monoisotopic (exact) mass is 306 g/mol. The van der Waals surface area contributed by atoms with E-state index in [4.69, 9.17) is 4.74 Å². The number of fused-ring (bicyclic) bond motifs is 1. The van der Waals surface area contributed by atoms with Crippen LogP contribution in [-0.4, -0.2) is 58.6 Å². The molecule has 7 heteroatoms. The maximum absolute atomic E-state index is 13.2. The second-order valence-electron chi connectivity index (χ2n) is 5.31. The van der Waals surface area contributed by atoms with Gasteiger partial charge in [0.25, 0.3) is 0 Å². The molecule has 0 unspecified atom stereocenters. The van der Waals surface area contributed by atoms with Crippen LogP contribution in [0.3, 0.4) is 0 Å². The van der Waals surface area contributed by atoms with Gasteiger partial charge in [-0.15, -0.1) is 0 Å². The molecule has 0 atom stereocenters. The summed E-state index contributed by atoms with van der Waals surface area (Å²) in [4.78, 5) is 23.2. The summed E-state index contributed by atoms with van der Waals surface area (Å²) in [6, 6.07) is 4.53. The smallest absolute Gasteiger partial charge is 0.409 e. The third-order valence-corrected chi connectivity index (χ3v) is 3.76. The van der Waals surface area contributed by atoms with Gasteiger partial charge in [-0.1, -0.05) is 0 Å². The average molecular weight is 306 g/mol. The summed E-state index contributed by atoms with van der Waals surface area (Å²) < 4.78 is 18.2. The van der Waals surface area contributed by atoms with Crippen LogP contribution in [0, 0.1) is 5.82 Å². The molecular weight excluding hydrogens is 287 g/mol. The Bertz CT molecular complexity index is 665. The maximum atomic E-state index is 13.2. The quantitative estimate of drug-likeness (QED) is 0.942. The Labute approximate surface area is 127 Å². The number of rotatable bonds is 3. The van der Waals surface area contributed by atoms with E-state index in [2.05, 4.69) is 14.9 Å². The van der Waals surface area contributed by atoms with E-state index in [1.807, 2.05) is 0 Å². The van der Waals surface area contributed by atoms with Gasteiger partial charge in [-0.2, -0.15) is 0 Å².